The van der Waals surface area contributed by atoms with E-state index in [0.29, 0.717) is 27.8 Å². The molecular weight excluding hydrogens is 280 g/mol. The van der Waals surface area contributed by atoms with Gasteiger partial charge in [-0.3, -0.25) is 4.79 Å². The van der Waals surface area contributed by atoms with E-state index in [0.717, 1.165) is 10.4 Å². The summed E-state index contributed by atoms with van der Waals surface area (Å²) in [5.41, 5.74) is 7.22. The van der Waals surface area contributed by atoms with Crippen LogP contribution in [0.5, 0.6) is 0 Å². The third-order valence-electron chi connectivity index (χ3n) is 2.68. The van der Waals surface area contributed by atoms with E-state index in [-0.39, 0.29) is 5.91 Å². The highest BCUT2D eigenvalue weighted by Gasteiger charge is 2.17. The molecule has 2 heterocycles. The van der Waals surface area contributed by atoms with Crippen molar-refractivity contribution in [3.8, 4) is 6.07 Å². The minimum absolute atomic E-state index is 0.311. The average molecular weight is 292 g/mol. The van der Waals surface area contributed by atoms with Crippen LogP contribution in [0, 0.1) is 25.2 Å². The third-order valence-corrected chi connectivity index (χ3v) is 4.68. The Labute approximate surface area is 118 Å². The molecule has 0 aliphatic carbocycles. The molecular formula is C12H12N4OS2. The molecule has 0 aliphatic heterocycles. The Balaban J connectivity index is 2.24. The minimum atomic E-state index is -0.311. The number of aryl methyl sites for hydroxylation is 1. The normalized spacial score (nSPS) is 10.2. The molecule has 2 aromatic rings. The highest BCUT2D eigenvalue weighted by molar-refractivity contribution is 7.16. The number of carbonyl (C=O) groups is 1. The number of hydrogen-bond donors (Lipinski definition) is 2. The van der Waals surface area contributed by atoms with E-state index >= 15 is 0 Å². The second-order valence-electron chi connectivity index (χ2n) is 3.88. The van der Waals surface area contributed by atoms with E-state index in [1.807, 2.05) is 13.8 Å². The monoisotopic (exact) mass is 292 g/mol. The van der Waals surface area contributed by atoms with Crippen LogP contribution in [0.4, 0.5) is 5.00 Å². The number of carbonyl (C=O) groups excluding carboxylic acids is 1. The number of amides is 1. The molecule has 7 heteroatoms. The smallest absolute Gasteiger partial charge is 0.275 e. The predicted molar refractivity (Wildman–Crippen MR) is 76.5 cm³/mol. The molecule has 3 N–H and O–H groups in total. The maximum Gasteiger partial charge on any atom is 0.275 e. The van der Waals surface area contributed by atoms with Crippen molar-refractivity contribution in [2.75, 3.05) is 5.32 Å². The highest BCUT2D eigenvalue weighted by Crippen LogP contribution is 2.31. The summed E-state index contributed by atoms with van der Waals surface area (Å²) in [4.78, 5) is 17.2. The van der Waals surface area contributed by atoms with Gasteiger partial charge in [0.05, 0.1) is 5.56 Å². The largest absolute Gasteiger partial charge is 0.325 e. The fraction of sp³-hybridized carbons (Fsp3) is 0.250. The van der Waals surface area contributed by atoms with E-state index in [2.05, 4.69) is 16.4 Å². The average Bonchev–Trinajstić information content (AvgIpc) is 2.96. The molecule has 5 nitrogen and oxygen atoms in total. The Bertz CT molecular complexity index is 666. The molecule has 0 saturated carbocycles. The quantitative estimate of drug-likeness (QED) is 0.908. The number of nitrogens with one attached hydrogen (secondary N) is 1. The van der Waals surface area contributed by atoms with Crippen LogP contribution in [-0.2, 0) is 6.54 Å². The van der Waals surface area contributed by atoms with Crippen LogP contribution in [0.15, 0.2) is 5.38 Å². The Kier molecular flexibility index (Phi) is 3.95. The molecule has 98 valence electrons. The summed E-state index contributed by atoms with van der Waals surface area (Å²) < 4.78 is 0. The van der Waals surface area contributed by atoms with Crippen molar-refractivity contribution >= 4 is 33.6 Å². The maximum atomic E-state index is 12.0. The van der Waals surface area contributed by atoms with E-state index in [1.54, 1.807) is 5.38 Å². The molecule has 0 fully saturated rings. The van der Waals surface area contributed by atoms with Crippen LogP contribution < -0.4 is 11.1 Å². The lowest BCUT2D eigenvalue weighted by molar-refractivity contribution is 0.102. The minimum Gasteiger partial charge on any atom is -0.325 e. The van der Waals surface area contributed by atoms with Crippen LogP contribution in [0.3, 0.4) is 0 Å². The molecule has 0 spiro atoms. The van der Waals surface area contributed by atoms with Gasteiger partial charge in [0.2, 0.25) is 0 Å². The van der Waals surface area contributed by atoms with Gasteiger partial charge in [-0.2, -0.15) is 5.26 Å². The lowest BCUT2D eigenvalue weighted by Crippen LogP contribution is -2.12. The summed E-state index contributed by atoms with van der Waals surface area (Å²) in [6, 6.07) is 2.12. The van der Waals surface area contributed by atoms with Crippen LogP contribution in [0.2, 0.25) is 0 Å². The number of nitrogens with two attached hydrogens (primary N) is 1. The molecule has 0 saturated heterocycles. The van der Waals surface area contributed by atoms with Crippen molar-refractivity contribution in [2.24, 2.45) is 5.73 Å². The van der Waals surface area contributed by atoms with Crippen LogP contribution in [0.25, 0.3) is 0 Å². The van der Waals surface area contributed by atoms with Gasteiger partial charge >= 0.3 is 0 Å². The second-order valence-corrected chi connectivity index (χ2v) is 6.05. The van der Waals surface area contributed by atoms with E-state index < -0.39 is 0 Å². The van der Waals surface area contributed by atoms with Gasteiger partial charge in [-0.15, -0.1) is 22.7 Å². The second kappa shape index (κ2) is 5.48. The van der Waals surface area contributed by atoms with Crippen molar-refractivity contribution < 1.29 is 4.79 Å². The van der Waals surface area contributed by atoms with E-state index in [1.165, 1.54) is 22.7 Å². The zero-order valence-corrected chi connectivity index (χ0v) is 12.1. The number of anilines is 1. The van der Waals surface area contributed by atoms with Gasteiger partial charge in [0.1, 0.15) is 21.8 Å². The summed E-state index contributed by atoms with van der Waals surface area (Å²) in [6.45, 7) is 4.11. The van der Waals surface area contributed by atoms with E-state index in [9.17, 15) is 4.79 Å². The zero-order valence-electron chi connectivity index (χ0n) is 10.5. The molecule has 0 atom stereocenters. The molecule has 0 bridgehead atoms. The topological polar surface area (TPSA) is 91.8 Å². The Morgan fingerprint density at radius 1 is 1.58 bits per heavy atom. The van der Waals surface area contributed by atoms with Crippen LogP contribution in [0.1, 0.15) is 31.5 Å². The molecule has 1 amide bonds. The summed E-state index contributed by atoms with van der Waals surface area (Å²) in [5.74, 6) is -0.311. The summed E-state index contributed by atoms with van der Waals surface area (Å²) in [6.07, 6.45) is 0. The predicted octanol–water partition coefficient (Wildman–Crippen LogP) is 2.40. The lowest BCUT2D eigenvalue weighted by Gasteiger charge is -2.00. The fourth-order valence-electron chi connectivity index (χ4n) is 1.53. The number of nitriles is 1. The van der Waals surface area contributed by atoms with Crippen LogP contribution in [-0.4, -0.2) is 10.9 Å². The van der Waals surface area contributed by atoms with Gasteiger partial charge in [0.15, 0.2) is 0 Å². The van der Waals surface area contributed by atoms with Gasteiger partial charge < -0.3 is 11.1 Å². The molecule has 0 aromatic carbocycles. The van der Waals surface area contributed by atoms with Gasteiger partial charge in [0.25, 0.3) is 5.91 Å². The van der Waals surface area contributed by atoms with Crippen molar-refractivity contribution in [2.45, 2.75) is 20.4 Å². The number of aromatic nitrogens is 1. The standard InChI is InChI=1S/C12H12N4OS2/c1-6-7(2)19-12(8(6)3-13)16-11(17)9-5-18-10(4-14)15-9/h5H,4,14H2,1-2H3,(H,16,17). The van der Waals surface area contributed by atoms with Gasteiger partial charge in [-0.05, 0) is 19.4 Å². The number of rotatable bonds is 3. The number of nitrogens with zero attached hydrogens (tertiary/aromatic N) is 2. The molecule has 2 rings (SSSR count). The first-order valence-corrected chi connectivity index (χ1v) is 7.22. The van der Waals surface area contributed by atoms with Gasteiger partial charge in [-0.25, -0.2) is 4.98 Å². The lowest BCUT2D eigenvalue weighted by atomic mass is 10.2. The SMILES string of the molecule is Cc1sc(NC(=O)c2csc(CN)n2)c(C#N)c1C. The van der Waals surface area contributed by atoms with Crippen LogP contribution >= 0.6 is 22.7 Å². The molecule has 19 heavy (non-hydrogen) atoms. The third kappa shape index (κ3) is 2.66. The first-order chi connectivity index (χ1) is 9.06. The first kappa shape index (κ1) is 13.7. The van der Waals surface area contributed by atoms with Gasteiger partial charge in [0, 0.05) is 16.8 Å². The number of thiophene rings is 1. The Morgan fingerprint density at radius 2 is 2.32 bits per heavy atom. The van der Waals surface area contributed by atoms with Gasteiger partial charge in [-0.1, -0.05) is 0 Å². The fourth-order valence-corrected chi connectivity index (χ4v) is 3.19. The summed E-state index contributed by atoms with van der Waals surface area (Å²) in [5, 5.41) is 14.8. The Hall–Kier alpha value is -1.75. The summed E-state index contributed by atoms with van der Waals surface area (Å²) >= 11 is 2.75. The van der Waals surface area contributed by atoms with E-state index in [4.69, 9.17) is 11.0 Å². The molecule has 0 unspecified atom stereocenters. The Morgan fingerprint density at radius 3 is 2.89 bits per heavy atom. The van der Waals surface area contributed by atoms with Crippen molar-refractivity contribution in [1.29, 1.82) is 5.26 Å². The molecule has 0 aliphatic rings. The summed E-state index contributed by atoms with van der Waals surface area (Å²) in [7, 11) is 0. The van der Waals surface area contributed by atoms with Crippen molar-refractivity contribution in [1.82, 2.24) is 4.98 Å². The highest BCUT2D eigenvalue weighted by atomic mass is 32.1. The first-order valence-electron chi connectivity index (χ1n) is 5.52. The maximum absolute atomic E-state index is 12.0. The molecule has 2 aromatic heterocycles. The number of hydrogen-bond acceptors (Lipinski definition) is 6. The van der Waals surface area contributed by atoms with Crippen molar-refractivity contribution in [3.05, 3.63) is 32.1 Å². The van der Waals surface area contributed by atoms with Crippen molar-refractivity contribution in [3.63, 3.8) is 0 Å². The zero-order chi connectivity index (χ0) is 14.0. The number of thiazole rings is 1. The molecule has 0 radical (unpaired) electrons.